The minimum absolute atomic E-state index is 0.0520. The molecule has 0 spiro atoms. The van der Waals surface area contributed by atoms with Crippen LogP contribution in [0.2, 0.25) is 0 Å². The molecule has 1 fully saturated rings. The molecule has 1 aromatic rings. The zero-order chi connectivity index (χ0) is 15.1. The number of nitrogens with one attached hydrogen (secondary N) is 1. The smallest absolute Gasteiger partial charge is 0.254 e. The quantitative estimate of drug-likeness (QED) is 0.651. The van der Waals surface area contributed by atoms with Gasteiger partial charge in [0.05, 0.1) is 12.8 Å². The Balaban J connectivity index is 1.72. The summed E-state index contributed by atoms with van der Waals surface area (Å²) in [5.41, 5.74) is 4.77. The third-order valence-corrected chi connectivity index (χ3v) is 3.72. The molecule has 5 nitrogen and oxygen atoms in total. The van der Waals surface area contributed by atoms with Crippen molar-refractivity contribution in [2.24, 2.45) is 5.10 Å². The lowest BCUT2D eigenvalue weighted by Crippen LogP contribution is -2.48. The van der Waals surface area contributed by atoms with E-state index in [0.717, 1.165) is 38.3 Å². The molecular formula is C16H24N4O. The first-order chi connectivity index (χ1) is 10.2. The van der Waals surface area contributed by atoms with E-state index >= 15 is 0 Å². The lowest BCUT2D eigenvalue weighted by Gasteiger charge is -2.33. The average molecular weight is 288 g/mol. The van der Waals surface area contributed by atoms with Gasteiger partial charge in [-0.3, -0.25) is 9.69 Å². The summed E-state index contributed by atoms with van der Waals surface area (Å²) in [6.07, 6.45) is 1.68. The summed E-state index contributed by atoms with van der Waals surface area (Å²) in [6, 6.07) is 8.00. The summed E-state index contributed by atoms with van der Waals surface area (Å²) in [5.74, 6) is -0.0520. The van der Waals surface area contributed by atoms with Gasteiger partial charge in [0.15, 0.2) is 0 Å². The van der Waals surface area contributed by atoms with Crippen molar-refractivity contribution in [2.75, 3.05) is 39.3 Å². The van der Waals surface area contributed by atoms with Gasteiger partial charge in [-0.2, -0.15) is 5.10 Å². The molecule has 21 heavy (non-hydrogen) atoms. The van der Waals surface area contributed by atoms with Crippen LogP contribution in [0, 0.1) is 6.92 Å². The molecule has 0 unspecified atom stereocenters. The van der Waals surface area contributed by atoms with Crippen LogP contribution in [-0.4, -0.2) is 61.2 Å². The molecular weight excluding hydrogens is 264 g/mol. The van der Waals surface area contributed by atoms with Gasteiger partial charge in [-0.1, -0.05) is 36.8 Å². The van der Waals surface area contributed by atoms with Gasteiger partial charge in [0.2, 0.25) is 0 Å². The molecule has 1 aliphatic rings. The predicted molar refractivity (Wildman–Crippen MR) is 85.5 cm³/mol. The number of benzene rings is 1. The number of carbonyl (C=O) groups excluding carboxylic acids is 1. The van der Waals surface area contributed by atoms with Crippen LogP contribution in [-0.2, 0) is 4.79 Å². The fourth-order valence-electron chi connectivity index (χ4n) is 2.43. The average Bonchev–Trinajstić information content (AvgIpc) is 2.48. The number of carbonyl (C=O) groups is 1. The molecule has 1 amide bonds. The molecule has 1 aromatic carbocycles. The summed E-state index contributed by atoms with van der Waals surface area (Å²) >= 11 is 0. The molecule has 1 heterocycles. The van der Waals surface area contributed by atoms with Crippen molar-refractivity contribution in [1.29, 1.82) is 0 Å². The molecule has 0 aliphatic carbocycles. The Morgan fingerprint density at radius 2 is 2.00 bits per heavy atom. The van der Waals surface area contributed by atoms with Gasteiger partial charge in [0.1, 0.15) is 0 Å². The number of rotatable bonds is 5. The standard InChI is InChI=1S/C16H24N4O/c1-3-19-7-9-20(10-8-19)13-16(21)18-17-12-15-6-4-5-14(2)11-15/h4-6,11-12H,3,7-10,13H2,1-2H3,(H,18,21)/b17-12+. The summed E-state index contributed by atoms with van der Waals surface area (Å²) in [7, 11) is 0. The molecule has 114 valence electrons. The van der Waals surface area contributed by atoms with E-state index in [1.54, 1.807) is 6.21 Å². The van der Waals surface area contributed by atoms with Gasteiger partial charge in [-0.05, 0) is 19.0 Å². The van der Waals surface area contributed by atoms with E-state index in [1.807, 2.05) is 31.2 Å². The number of likely N-dealkylation sites (N-methyl/N-ethyl adjacent to an activating group) is 1. The topological polar surface area (TPSA) is 47.9 Å². The van der Waals surface area contributed by atoms with E-state index in [4.69, 9.17) is 0 Å². The molecule has 2 rings (SSSR count). The number of amides is 1. The van der Waals surface area contributed by atoms with Gasteiger partial charge >= 0.3 is 0 Å². The lowest BCUT2D eigenvalue weighted by molar-refractivity contribution is -0.122. The van der Waals surface area contributed by atoms with Crippen molar-refractivity contribution in [3.05, 3.63) is 35.4 Å². The van der Waals surface area contributed by atoms with Crippen molar-refractivity contribution in [1.82, 2.24) is 15.2 Å². The zero-order valence-electron chi connectivity index (χ0n) is 12.9. The Labute approximate surface area is 126 Å². The second-order valence-electron chi connectivity index (χ2n) is 5.42. The van der Waals surface area contributed by atoms with Crippen LogP contribution in [0.15, 0.2) is 29.4 Å². The van der Waals surface area contributed by atoms with E-state index in [-0.39, 0.29) is 5.91 Å². The van der Waals surface area contributed by atoms with Crippen LogP contribution < -0.4 is 5.43 Å². The van der Waals surface area contributed by atoms with Crippen LogP contribution in [0.25, 0.3) is 0 Å². The van der Waals surface area contributed by atoms with Crippen LogP contribution in [0.1, 0.15) is 18.1 Å². The van der Waals surface area contributed by atoms with E-state index in [1.165, 1.54) is 5.56 Å². The van der Waals surface area contributed by atoms with Crippen LogP contribution in [0.4, 0.5) is 0 Å². The van der Waals surface area contributed by atoms with Gasteiger partial charge in [-0.15, -0.1) is 0 Å². The molecule has 0 atom stereocenters. The first-order valence-corrected chi connectivity index (χ1v) is 7.50. The molecule has 0 saturated carbocycles. The van der Waals surface area contributed by atoms with Crippen molar-refractivity contribution < 1.29 is 4.79 Å². The highest BCUT2D eigenvalue weighted by Crippen LogP contribution is 2.01. The number of hydrazone groups is 1. The third-order valence-electron chi connectivity index (χ3n) is 3.72. The van der Waals surface area contributed by atoms with Crippen molar-refractivity contribution >= 4 is 12.1 Å². The van der Waals surface area contributed by atoms with Crippen LogP contribution in [0.3, 0.4) is 0 Å². The van der Waals surface area contributed by atoms with E-state index in [9.17, 15) is 4.79 Å². The second kappa shape index (κ2) is 7.90. The molecule has 5 heteroatoms. The number of aryl methyl sites for hydroxylation is 1. The van der Waals surface area contributed by atoms with Crippen LogP contribution in [0.5, 0.6) is 0 Å². The first kappa shape index (κ1) is 15.7. The largest absolute Gasteiger partial charge is 0.301 e. The van der Waals surface area contributed by atoms with Crippen molar-refractivity contribution in [3.8, 4) is 0 Å². The summed E-state index contributed by atoms with van der Waals surface area (Å²) in [4.78, 5) is 16.4. The predicted octanol–water partition coefficient (Wildman–Crippen LogP) is 1.08. The monoisotopic (exact) mass is 288 g/mol. The summed E-state index contributed by atoms with van der Waals surface area (Å²) < 4.78 is 0. The number of piperazine rings is 1. The lowest BCUT2D eigenvalue weighted by atomic mass is 10.2. The summed E-state index contributed by atoms with van der Waals surface area (Å²) in [5, 5.41) is 4.02. The fourth-order valence-corrected chi connectivity index (χ4v) is 2.43. The Hall–Kier alpha value is -1.72. The minimum atomic E-state index is -0.0520. The molecule has 0 aromatic heterocycles. The number of hydrogen-bond acceptors (Lipinski definition) is 4. The van der Waals surface area contributed by atoms with Crippen molar-refractivity contribution in [2.45, 2.75) is 13.8 Å². The van der Waals surface area contributed by atoms with E-state index < -0.39 is 0 Å². The van der Waals surface area contributed by atoms with Gasteiger partial charge in [-0.25, -0.2) is 5.43 Å². The number of hydrogen-bond donors (Lipinski definition) is 1. The molecule has 1 aliphatic heterocycles. The molecule has 1 N–H and O–H groups in total. The zero-order valence-corrected chi connectivity index (χ0v) is 12.9. The minimum Gasteiger partial charge on any atom is -0.301 e. The van der Waals surface area contributed by atoms with E-state index in [0.29, 0.717) is 6.54 Å². The second-order valence-corrected chi connectivity index (χ2v) is 5.42. The SMILES string of the molecule is CCN1CCN(CC(=O)N/N=C/c2cccc(C)c2)CC1. The van der Waals surface area contributed by atoms with Crippen LogP contribution >= 0.6 is 0 Å². The first-order valence-electron chi connectivity index (χ1n) is 7.50. The maximum absolute atomic E-state index is 11.8. The maximum Gasteiger partial charge on any atom is 0.254 e. The molecule has 0 radical (unpaired) electrons. The third kappa shape index (κ3) is 5.28. The Morgan fingerprint density at radius 1 is 1.29 bits per heavy atom. The Bertz CT molecular complexity index is 493. The van der Waals surface area contributed by atoms with Crippen molar-refractivity contribution in [3.63, 3.8) is 0 Å². The Kier molecular flexibility index (Phi) is 5.90. The summed E-state index contributed by atoms with van der Waals surface area (Å²) in [6.45, 7) is 9.68. The van der Waals surface area contributed by atoms with Gasteiger partial charge in [0.25, 0.3) is 5.91 Å². The highest BCUT2D eigenvalue weighted by Gasteiger charge is 2.17. The van der Waals surface area contributed by atoms with E-state index in [2.05, 4.69) is 27.3 Å². The fraction of sp³-hybridized carbons (Fsp3) is 0.500. The highest BCUT2D eigenvalue weighted by molar-refractivity contribution is 5.83. The van der Waals surface area contributed by atoms with Gasteiger partial charge < -0.3 is 4.90 Å². The van der Waals surface area contributed by atoms with Gasteiger partial charge in [0, 0.05) is 26.2 Å². The Morgan fingerprint density at radius 3 is 2.67 bits per heavy atom. The maximum atomic E-state index is 11.8. The molecule has 0 bridgehead atoms. The number of nitrogens with zero attached hydrogens (tertiary/aromatic N) is 3. The molecule has 1 saturated heterocycles. The normalized spacial score (nSPS) is 17.2. The highest BCUT2D eigenvalue weighted by atomic mass is 16.2.